The molecule has 0 fully saturated rings. The van der Waals surface area contributed by atoms with Crippen LogP contribution in [0.5, 0.6) is 0 Å². The molecule has 112 valence electrons. The first kappa shape index (κ1) is 15.4. The summed E-state index contributed by atoms with van der Waals surface area (Å²) >= 11 is 5.25. The van der Waals surface area contributed by atoms with Crippen LogP contribution in [0.15, 0.2) is 24.5 Å². The molecular weight excluding hydrogens is 286 g/mol. The number of hydrogen-bond acceptors (Lipinski definition) is 4. The van der Waals surface area contributed by atoms with Gasteiger partial charge in [-0.25, -0.2) is 0 Å². The molecule has 0 aromatic carbocycles. The summed E-state index contributed by atoms with van der Waals surface area (Å²) in [6.07, 6.45) is 3.82. The van der Waals surface area contributed by atoms with Gasteiger partial charge >= 0.3 is 0 Å². The summed E-state index contributed by atoms with van der Waals surface area (Å²) in [6.45, 7) is 5.93. The molecule has 2 aromatic heterocycles. The van der Waals surface area contributed by atoms with Crippen molar-refractivity contribution in [3.8, 4) is 11.4 Å². The largest absolute Gasteiger partial charge is 0.343 e. The smallest absolute Gasteiger partial charge is 0.224 e. The van der Waals surface area contributed by atoms with Crippen molar-refractivity contribution in [1.29, 1.82) is 0 Å². The molecule has 0 saturated carbocycles. The highest BCUT2D eigenvalue weighted by molar-refractivity contribution is 7.71. The van der Waals surface area contributed by atoms with Gasteiger partial charge in [-0.1, -0.05) is 0 Å². The fourth-order valence-corrected chi connectivity index (χ4v) is 2.41. The summed E-state index contributed by atoms with van der Waals surface area (Å²) in [6, 6.07) is 3.74. The predicted octanol–water partition coefficient (Wildman–Crippen LogP) is 2.26. The van der Waals surface area contributed by atoms with Crippen molar-refractivity contribution in [2.24, 2.45) is 0 Å². The molecule has 0 bridgehead atoms. The van der Waals surface area contributed by atoms with Gasteiger partial charge in [-0.15, -0.1) is 0 Å². The molecule has 0 aliphatic rings. The molecule has 0 spiro atoms. The van der Waals surface area contributed by atoms with Crippen molar-refractivity contribution in [2.45, 2.75) is 26.8 Å². The molecule has 7 heteroatoms. The van der Waals surface area contributed by atoms with Crippen molar-refractivity contribution in [1.82, 2.24) is 24.6 Å². The molecule has 0 saturated heterocycles. The quantitative estimate of drug-likeness (QED) is 0.831. The van der Waals surface area contributed by atoms with Crippen LogP contribution in [-0.2, 0) is 11.3 Å². The van der Waals surface area contributed by atoms with E-state index in [0.717, 1.165) is 24.5 Å². The number of aromatic nitrogens is 4. The second-order valence-electron chi connectivity index (χ2n) is 4.56. The molecule has 1 N–H and O–H groups in total. The van der Waals surface area contributed by atoms with Crippen molar-refractivity contribution in [2.75, 3.05) is 13.1 Å². The minimum atomic E-state index is 0.128. The Morgan fingerprint density at radius 2 is 2.00 bits per heavy atom. The molecule has 21 heavy (non-hydrogen) atoms. The molecule has 0 aliphatic heterocycles. The van der Waals surface area contributed by atoms with E-state index in [1.165, 1.54) is 0 Å². The standard InChI is InChI=1S/C14H19N5OS/c1-3-18(4-2)12(20)7-10-19-13(16-17-14(19)21)11-5-8-15-9-6-11/h5-6,8-9H,3-4,7,10H2,1-2H3,(H,17,21). The maximum atomic E-state index is 12.1. The zero-order valence-corrected chi connectivity index (χ0v) is 13.1. The number of hydrogen-bond donors (Lipinski definition) is 1. The van der Waals surface area contributed by atoms with E-state index in [1.807, 2.05) is 35.4 Å². The molecule has 0 atom stereocenters. The number of rotatable bonds is 6. The molecule has 2 aromatic rings. The van der Waals surface area contributed by atoms with Gasteiger partial charge in [-0.05, 0) is 38.2 Å². The van der Waals surface area contributed by atoms with Gasteiger partial charge in [0.2, 0.25) is 5.91 Å². The molecule has 0 aliphatic carbocycles. The van der Waals surface area contributed by atoms with Crippen LogP contribution in [0, 0.1) is 4.77 Å². The Bertz CT molecular complexity index is 645. The summed E-state index contributed by atoms with van der Waals surface area (Å²) in [4.78, 5) is 17.9. The number of nitrogens with one attached hydrogen (secondary N) is 1. The number of H-pyrrole nitrogens is 1. The lowest BCUT2D eigenvalue weighted by Crippen LogP contribution is -2.31. The predicted molar refractivity (Wildman–Crippen MR) is 83.2 cm³/mol. The number of carbonyl (C=O) groups excluding carboxylic acids is 1. The van der Waals surface area contributed by atoms with E-state index in [-0.39, 0.29) is 5.91 Å². The summed E-state index contributed by atoms with van der Waals surface area (Å²) in [5.74, 6) is 0.860. The van der Waals surface area contributed by atoms with Crippen molar-refractivity contribution in [3.05, 3.63) is 29.3 Å². The number of carbonyl (C=O) groups is 1. The third kappa shape index (κ3) is 3.55. The normalized spacial score (nSPS) is 10.6. The number of nitrogens with zero attached hydrogens (tertiary/aromatic N) is 4. The second-order valence-corrected chi connectivity index (χ2v) is 4.94. The van der Waals surface area contributed by atoms with Gasteiger partial charge in [-0.2, -0.15) is 5.10 Å². The van der Waals surface area contributed by atoms with Gasteiger partial charge < -0.3 is 4.90 Å². The average Bonchev–Trinajstić information content (AvgIpc) is 2.88. The maximum Gasteiger partial charge on any atom is 0.224 e. The summed E-state index contributed by atoms with van der Waals surface area (Å²) in [5, 5.41) is 7.03. The van der Waals surface area contributed by atoms with Gasteiger partial charge in [0.15, 0.2) is 10.6 Å². The molecule has 1 amide bonds. The third-order valence-corrected chi connectivity index (χ3v) is 3.67. The van der Waals surface area contributed by atoms with E-state index >= 15 is 0 Å². The zero-order valence-electron chi connectivity index (χ0n) is 12.2. The van der Waals surface area contributed by atoms with Crippen molar-refractivity contribution < 1.29 is 4.79 Å². The van der Waals surface area contributed by atoms with Crippen LogP contribution in [0.25, 0.3) is 11.4 Å². The highest BCUT2D eigenvalue weighted by atomic mass is 32.1. The Balaban J connectivity index is 2.16. The monoisotopic (exact) mass is 305 g/mol. The highest BCUT2D eigenvalue weighted by Gasteiger charge is 2.13. The Labute approximate surface area is 128 Å². The van der Waals surface area contributed by atoms with E-state index < -0.39 is 0 Å². The summed E-state index contributed by atoms with van der Waals surface area (Å²) in [7, 11) is 0. The molecular formula is C14H19N5OS. The van der Waals surface area contributed by atoms with Crippen molar-refractivity contribution in [3.63, 3.8) is 0 Å². The van der Waals surface area contributed by atoms with Crippen LogP contribution in [-0.4, -0.2) is 43.6 Å². The van der Waals surface area contributed by atoms with Crippen LogP contribution in [0.1, 0.15) is 20.3 Å². The van der Waals surface area contributed by atoms with Crippen molar-refractivity contribution >= 4 is 18.1 Å². The van der Waals surface area contributed by atoms with Crippen LogP contribution >= 0.6 is 12.2 Å². The van der Waals surface area contributed by atoms with Crippen LogP contribution in [0.3, 0.4) is 0 Å². The number of aromatic amines is 1. The SMILES string of the molecule is CCN(CC)C(=O)CCn1c(-c2ccncc2)n[nH]c1=S. The van der Waals surface area contributed by atoms with Gasteiger partial charge in [0, 0.05) is 44.0 Å². The minimum absolute atomic E-state index is 0.128. The summed E-state index contributed by atoms with van der Waals surface area (Å²) < 4.78 is 2.38. The third-order valence-electron chi connectivity index (χ3n) is 3.36. The van der Waals surface area contributed by atoms with Crippen LogP contribution in [0.4, 0.5) is 0 Å². The van der Waals surface area contributed by atoms with Gasteiger partial charge in [0.25, 0.3) is 0 Å². The molecule has 2 heterocycles. The molecule has 0 unspecified atom stereocenters. The summed E-state index contributed by atoms with van der Waals surface area (Å²) in [5.41, 5.74) is 0.924. The number of amides is 1. The van der Waals surface area contributed by atoms with Crippen LogP contribution in [0.2, 0.25) is 0 Å². The first-order valence-corrected chi connectivity index (χ1v) is 7.41. The minimum Gasteiger partial charge on any atom is -0.343 e. The zero-order chi connectivity index (χ0) is 15.2. The first-order chi connectivity index (χ1) is 10.2. The lowest BCUT2D eigenvalue weighted by atomic mass is 10.2. The Morgan fingerprint density at radius 1 is 1.33 bits per heavy atom. The Kier molecular flexibility index (Phi) is 5.21. The average molecular weight is 305 g/mol. The fourth-order valence-electron chi connectivity index (χ4n) is 2.19. The second kappa shape index (κ2) is 7.12. The number of pyridine rings is 1. The highest BCUT2D eigenvalue weighted by Crippen LogP contribution is 2.16. The van der Waals surface area contributed by atoms with Gasteiger partial charge in [0.1, 0.15) is 0 Å². The van der Waals surface area contributed by atoms with Crippen LogP contribution < -0.4 is 0 Å². The van der Waals surface area contributed by atoms with E-state index in [1.54, 1.807) is 12.4 Å². The maximum absolute atomic E-state index is 12.1. The Morgan fingerprint density at radius 3 is 2.62 bits per heavy atom. The van der Waals surface area contributed by atoms with Gasteiger partial charge in [-0.3, -0.25) is 19.4 Å². The first-order valence-electron chi connectivity index (χ1n) is 7.00. The van der Waals surface area contributed by atoms with E-state index in [4.69, 9.17) is 12.2 Å². The van der Waals surface area contributed by atoms with E-state index in [9.17, 15) is 4.79 Å². The lowest BCUT2D eigenvalue weighted by molar-refractivity contribution is -0.131. The molecule has 2 rings (SSSR count). The lowest BCUT2D eigenvalue weighted by Gasteiger charge is -2.18. The Hall–Kier alpha value is -2.02. The molecule has 0 radical (unpaired) electrons. The van der Waals surface area contributed by atoms with Gasteiger partial charge in [0.05, 0.1) is 0 Å². The fraction of sp³-hybridized carbons (Fsp3) is 0.429. The van der Waals surface area contributed by atoms with E-state index in [2.05, 4.69) is 15.2 Å². The molecule has 6 nitrogen and oxygen atoms in total. The van der Waals surface area contributed by atoms with E-state index in [0.29, 0.717) is 17.7 Å². The topological polar surface area (TPSA) is 66.8 Å².